The molecule has 0 atom stereocenters. The van der Waals surface area contributed by atoms with Crippen molar-refractivity contribution < 1.29 is 5.11 Å². The third kappa shape index (κ3) is 10.4. The van der Waals surface area contributed by atoms with Crippen LogP contribution in [0.25, 0.3) is 0 Å². The Hall–Kier alpha value is -0.120. The zero-order valence-electron chi connectivity index (χ0n) is 11.2. The van der Waals surface area contributed by atoms with E-state index in [0.717, 1.165) is 25.9 Å². The van der Waals surface area contributed by atoms with Crippen LogP contribution in [0.3, 0.4) is 0 Å². The third-order valence-electron chi connectivity index (χ3n) is 2.98. The summed E-state index contributed by atoms with van der Waals surface area (Å²) in [7, 11) is 0. The summed E-state index contributed by atoms with van der Waals surface area (Å²) >= 11 is 0. The minimum Gasteiger partial charge on any atom is -0.396 e. The van der Waals surface area contributed by atoms with E-state index >= 15 is 0 Å². The normalized spacial score (nSPS) is 11.2. The first-order valence-corrected chi connectivity index (χ1v) is 6.89. The molecule has 0 aromatic rings. The molecule has 0 unspecified atom stereocenters. The van der Waals surface area contributed by atoms with E-state index in [4.69, 9.17) is 5.11 Å². The van der Waals surface area contributed by atoms with Crippen LogP contribution >= 0.6 is 0 Å². The molecule has 0 spiro atoms. The highest BCUT2D eigenvalue weighted by molar-refractivity contribution is 4.54. The largest absolute Gasteiger partial charge is 0.396 e. The van der Waals surface area contributed by atoms with E-state index in [2.05, 4.69) is 24.1 Å². The van der Waals surface area contributed by atoms with Gasteiger partial charge in [0, 0.05) is 6.61 Å². The molecule has 0 saturated heterocycles. The number of rotatable bonds is 12. The number of aliphatic hydroxyl groups is 1. The molecule has 3 heteroatoms. The quantitative estimate of drug-likeness (QED) is 0.502. The molecule has 0 aromatic heterocycles. The second-order valence-electron chi connectivity index (χ2n) is 4.27. The van der Waals surface area contributed by atoms with E-state index in [0.29, 0.717) is 6.61 Å². The minimum absolute atomic E-state index is 0.337. The van der Waals surface area contributed by atoms with Crippen molar-refractivity contribution in [2.45, 2.75) is 46.0 Å². The van der Waals surface area contributed by atoms with Crippen LogP contribution in [0.5, 0.6) is 0 Å². The molecule has 0 aliphatic rings. The number of unbranched alkanes of at least 4 members (excludes halogenated alkanes) is 3. The van der Waals surface area contributed by atoms with E-state index in [1.54, 1.807) is 0 Å². The van der Waals surface area contributed by atoms with E-state index in [-0.39, 0.29) is 0 Å². The van der Waals surface area contributed by atoms with Crippen LogP contribution in [0, 0.1) is 0 Å². The summed E-state index contributed by atoms with van der Waals surface area (Å²) in [6.45, 7) is 10.6. The molecule has 0 rings (SSSR count). The molecule has 0 radical (unpaired) electrons. The molecular weight excluding hydrogens is 200 g/mol. The second kappa shape index (κ2) is 12.9. The molecule has 16 heavy (non-hydrogen) atoms. The minimum atomic E-state index is 0.337. The highest BCUT2D eigenvalue weighted by Gasteiger charge is 1.97. The number of nitrogens with zero attached hydrogens (tertiary/aromatic N) is 1. The first-order chi connectivity index (χ1) is 7.85. The number of aliphatic hydroxyl groups excluding tert-OH is 1. The smallest absolute Gasteiger partial charge is 0.0431 e. The van der Waals surface area contributed by atoms with Crippen molar-refractivity contribution in [2.75, 3.05) is 39.3 Å². The molecule has 0 amide bonds. The van der Waals surface area contributed by atoms with Gasteiger partial charge in [0.2, 0.25) is 0 Å². The highest BCUT2D eigenvalue weighted by Crippen LogP contribution is 1.95. The van der Waals surface area contributed by atoms with Crippen LogP contribution in [0.15, 0.2) is 0 Å². The molecule has 0 fully saturated rings. The Kier molecular flexibility index (Phi) is 12.9. The maximum Gasteiger partial charge on any atom is 0.0431 e. The van der Waals surface area contributed by atoms with E-state index in [9.17, 15) is 0 Å². The topological polar surface area (TPSA) is 35.5 Å². The first-order valence-electron chi connectivity index (χ1n) is 6.89. The maximum atomic E-state index is 8.61. The molecule has 0 aliphatic heterocycles. The van der Waals surface area contributed by atoms with Crippen molar-refractivity contribution in [3.05, 3.63) is 0 Å². The molecule has 2 N–H and O–H groups in total. The summed E-state index contributed by atoms with van der Waals surface area (Å²) in [6, 6.07) is 0. The van der Waals surface area contributed by atoms with Crippen LogP contribution in [0.2, 0.25) is 0 Å². The number of hydrogen-bond acceptors (Lipinski definition) is 3. The second-order valence-corrected chi connectivity index (χ2v) is 4.27. The zero-order chi connectivity index (χ0) is 12.1. The molecule has 98 valence electrons. The molecule has 3 nitrogen and oxygen atoms in total. The van der Waals surface area contributed by atoms with Crippen molar-refractivity contribution in [1.82, 2.24) is 10.2 Å². The summed E-state index contributed by atoms with van der Waals surface area (Å²) in [5.74, 6) is 0. The van der Waals surface area contributed by atoms with Gasteiger partial charge in [-0.25, -0.2) is 0 Å². The van der Waals surface area contributed by atoms with Gasteiger partial charge in [0.05, 0.1) is 0 Å². The summed E-state index contributed by atoms with van der Waals surface area (Å²) in [4.78, 5) is 2.47. The third-order valence-corrected chi connectivity index (χ3v) is 2.98. The molecular formula is C13H30N2O. The van der Waals surface area contributed by atoms with Crippen LogP contribution in [-0.2, 0) is 0 Å². The summed E-state index contributed by atoms with van der Waals surface area (Å²) in [5.41, 5.74) is 0. The van der Waals surface area contributed by atoms with Gasteiger partial charge >= 0.3 is 0 Å². The standard InChI is InChI=1S/C13H30N2O/c1-3-15(4-2)12-8-7-11-14-10-6-5-9-13-16/h14,16H,3-13H2,1-2H3. The van der Waals surface area contributed by atoms with Gasteiger partial charge in [-0.1, -0.05) is 13.8 Å². The lowest BCUT2D eigenvalue weighted by molar-refractivity contribution is 0.282. The van der Waals surface area contributed by atoms with Gasteiger partial charge < -0.3 is 15.3 Å². The van der Waals surface area contributed by atoms with Gasteiger partial charge in [0.15, 0.2) is 0 Å². The van der Waals surface area contributed by atoms with Crippen LogP contribution in [0.4, 0.5) is 0 Å². The first kappa shape index (κ1) is 15.9. The number of hydrogen-bond donors (Lipinski definition) is 2. The van der Waals surface area contributed by atoms with Crippen molar-refractivity contribution in [3.8, 4) is 0 Å². The van der Waals surface area contributed by atoms with Gasteiger partial charge in [-0.05, 0) is 64.8 Å². The molecule has 0 aliphatic carbocycles. The van der Waals surface area contributed by atoms with Gasteiger partial charge in [-0.15, -0.1) is 0 Å². The number of nitrogens with one attached hydrogen (secondary N) is 1. The van der Waals surface area contributed by atoms with E-state index in [1.807, 2.05) is 0 Å². The Morgan fingerprint density at radius 3 is 2.06 bits per heavy atom. The lowest BCUT2D eigenvalue weighted by Crippen LogP contribution is -2.25. The highest BCUT2D eigenvalue weighted by atomic mass is 16.2. The average molecular weight is 230 g/mol. The molecule has 0 saturated carbocycles. The summed E-state index contributed by atoms with van der Waals surface area (Å²) < 4.78 is 0. The van der Waals surface area contributed by atoms with Crippen LogP contribution in [0.1, 0.15) is 46.0 Å². The lowest BCUT2D eigenvalue weighted by atomic mass is 10.2. The van der Waals surface area contributed by atoms with E-state index < -0.39 is 0 Å². The SMILES string of the molecule is CCN(CC)CCCCNCCCCCO. The van der Waals surface area contributed by atoms with Gasteiger partial charge in [0.1, 0.15) is 0 Å². The molecule has 0 aromatic carbocycles. The van der Waals surface area contributed by atoms with Gasteiger partial charge in [-0.3, -0.25) is 0 Å². The Morgan fingerprint density at radius 1 is 0.875 bits per heavy atom. The Bertz CT molecular complexity index is 127. The van der Waals surface area contributed by atoms with Crippen molar-refractivity contribution >= 4 is 0 Å². The van der Waals surface area contributed by atoms with Crippen molar-refractivity contribution in [3.63, 3.8) is 0 Å². The fourth-order valence-electron chi connectivity index (χ4n) is 1.79. The predicted molar refractivity (Wildman–Crippen MR) is 70.8 cm³/mol. The van der Waals surface area contributed by atoms with E-state index in [1.165, 1.54) is 38.9 Å². The van der Waals surface area contributed by atoms with Crippen LogP contribution < -0.4 is 5.32 Å². The Morgan fingerprint density at radius 2 is 1.50 bits per heavy atom. The summed E-state index contributed by atoms with van der Waals surface area (Å²) in [6.07, 6.45) is 5.85. The van der Waals surface area contributed by atoms with Gasteiger partial charge in [0.25, 0.3) is 0 Å². The summed E-state index contributed by atoms with van der Waals surface area (Å²) in [5, 5.41) is 12.1. The maximum absolute atomic E-state index is 8.61. The predicted octanol–water partition coefficient (Wildman–Crippen LogP) is 1.86. The lowest BCUT2D eigenvalue weighted by Gasteiger charge is -2.17. The Labute approximate surface area is 101 Å². The fourth-order valence-corrected chi connectivity index (χ4v) is 1.79. The zero-order valence-corrected chi connectivity index (χ0v) is 11.2. The van der Waals surface area contributed by atoms with Gasteiger partial charge in [-0.2, -0.15) is 0 Å². The monoisotopic (exact) mass is 230 g/mol. The molecule has 0 bridgehead atoms. The van der Waals surface area contributed by atoms with Crippen LogP contribution in [-0.4, -0.2) is 49.3 Å². The molecule has 0 heterocycles. The Balaban J connectivity index is 3.03. The van der Waals surface area contributed by atoms with Crippen molar-refractivity contribution in [2.24, 2.45) is 0 Å². The fraction of sp³-hybridized carbons (Fsp3) is 1.00. The van der Waals surface area contributed by atoms with Crippen molar-refractivity contribution in [1.29, 1.82) is 0 Å². The average Bonchev–Trinajstić information content (AvgIpc) is 2.32.